The highest BCUT2D eigenvalue weighted by atomic mass is 32.1. The van der Waals surface area contributed by atoms with Crippen LogP contribution >= 0.6 is 11.5 Å². The Morgan fingerprint density at radius 1 is 0.947 bits per heavy atom. The number of phenolic OH excluding ortho intramolecular Hbond substituents is 1. The van der Waals surface area contributed by atoms with Crippen LogP contribution in [0.25, 0.3) is 0 Å². The molecule has 0 saturated heterocycles. The van der Waals surface area contributed by atoms with Crippen molar-refractivity contribution in [2.75, 3.05) is 10.6 Å². The highest BCUT2D eigenvalue weighted by molar-refractivity contribution is 7.09. The zero-order chi connectivity index (χ0) is 27.4. The maximum Gasteiger partial charge on any atom is 0.273 e. The maximum absolute atomic E-state index is 13.9. The summed E-state index contributed by atoms with van der Waals surface area (Å²) in [6.45, 7) is 0.00760. The molecule has 4 rings (SSSR count). The number of anilines is 2. The molecule has 0 spiro atoms. The molecule has 0 radical (unpaired) electrons. The number of benzene rings is 3. The number of nitrogen functional groups attached to an aromatic ring is 1. The fraction of sp³-hybridized carbons (Fsp3) is 0.0769. The van der Waals surface area contributed by atoms with E-state index in [2.05, 4.69) is 9.69 Å². The van der Waals surface area contributed by atoms with E-state index in [0.717, 1.165) is 17.0 Å². The monoisotopic (exact) mass is 537 g/mol. The first-order chi connectivity index (χ1) is 18.2. The summed E-state index contributed by atoms with van der Waals surface area (Å²) in [5.74, 6) is -3.45. The van der Waals surface area contributed by atoms with Crippen molar-refractivity contribution in [3.05, 3.63) is 106 Å². The average Bonchev–Trinajstić information content (AvgIpc) is 3.29. The van der Waals surface area contributed by atoms with E-state index in [-0.39, 0.29) is 34.2 Å². The lowest BCUT2D eigenvalue weighted by molar-refractivity contribution is -0.122. The Balaban J connectivity index is 1.80. The molecule has 12 heteroatoms. The van der Waals surface area contributed by atoms with Gasteiger partial charge in [-0.3, -0.25) is 19.3 Å². The zero-order valence-electron chi connectivity index (χ0n) is 19.6. The molecule has 0 bridgehead atoms. The fourth-order valence-electron chi connectivity index (χ4n) is 3.69. The number of nitrogens with two attached hydrogens (primary N) is 2. The number of rotatable bonds is 8. The van der Waals surface area contributed by atoms with Crippen molar-refractivity contribution in [2.24, 2.45) is 5.73 Å². The van der Waals surface area contributed by atoms with E-state index < -0.39 is 35.4 Å². The molecule has 6 N–H and O–H groups in total. The molecule has 0 aliphatic rings. The molecule has 0 aliphatic carbocycles. The number of aromatic hydroxyl groups is 1. The van der Waals surface area contributed by atoms with Crippen molar-refractivity contribution in [3.63, 3.8) is 0 Å². The number of halogens is 2. The number of carbonyl (C=O) groups is 3. The summed E-state index contributed by atoms with van der Waals surface area (Å²) in [7, 11) is 0. The molecule has 1 atom stereocenters. The highest BCUT2D eigenvalue weighted by Gasteiger charge is 2.36. The van der Waals surface area contributed by atoms with E-state index in [9.17, 15) is 28.3 Å². The van der Waals surface area contributed by atoms with E-state index in [1.54, 1.807) is 0 Å². The van der Waals surface area contributed by atoms with Crippen molar-refractivity contribution >= 4 is 40.6 Å². The van der Waals surface area contributed by atoms with Crippen molar-refractivity contribution in [2.45, 2.75) is 12.6 Å². The third kappa shape index (κ3) is 5.60. The van der Waals surface area contributed by atoms with Crippen LogP contribution in [0.2, 0.25) is 0 Å². The van der Waals surface area contributed by atoms with Gasteiger partial charge in [0.05, 0.1) is 5.69 Å². The molecule has 0 aliphatic heterocycles. The van der Waals surface area contributed by atoms with Gasteiger partial charge in [0.2, 0.25) is 5.91 Å². The third-order valence-corrected chi connectivity index (χ3v) is 6.43. The first-order valence-corrected chi connectivity index (χ1v) is 11.9. The van der Waals surface area contributed by atoms with Gasteiger partial charge in [0, 0.05) is 12.2 Å². The van der Waals surface area contributed by atoms with Gasteiger partial charge in [-0.05, 0) is 71.2 Å². The van der Waals surface area contributed by atoms with E-state index >= 15 is 0 Å². The number of primary amides is 1. The second-order valence-corrected chi connectivity index (χ2v) is 8.90. The van der Waals surface area contributed by atoms with Gasteiger partial charge < -0.3 is 21.9 Å². The van der Waals surface area contributed by atoms with E-state index in [1.807, 2.05) is 0 Å². The van der Waals surface area contributed by atoms with Gasteiger partial charge in [0.25, 0.3) is 11.8 Å². The molecule has 4 aromatic rings. The number of amides is 3. The van der Waals surface area contributed by atoms with Gasteiger partial charge in [0.15, 0.2) is 5.69 Å². The normalized spacial score (nSPS) is 11.5. The molecule has 1 heterocycles. The van der Waals surface area contributed by atoms with E-state index in [4.69, 9.17) is 11.5 Å². The second kappa shape index (κ2) is 11.0. The summed E-state index contributed by atoms with van der Waals surface area (Å²) in [5.41, 5.74) is 11.8. The lowest BCUT2D eigenvalue weighted by Gasteiger charge is -2.31. The van der Waals surface area contributed by atoms with Crippen molar-refractivity contribution < 1.29 is 28.3 Å². The molecule has 0 saturated carbocycles. The minimum absolute atomic E-state index is 0.00760. The number of aromatic nitrogens is 1. The fourth-order valence-corrected chi connectivity index (χ4v) is 4.43. The van der Waals surface area contributed by atoms with Crippen molar-refractivity contribution in [1.82, 2.24) is 9.69 Å². The number of nitrogens with one attached hydrogen (secondary N) is 1. The summed E-state index contributed by atoms with van der Waals surface area (Å²) < 4.78 is 30.9. The van der Waals surface area contributed by atoms with Gasteiger partial charge in [0.1, 0.15) is 28.3 Å². The molecular formula is C26H21F2N5O4S. The lowest BCUT2D eigenvalue weighted by atomic mass is 10.0. The van der Waals surface area contributed by atoms with Gasteiger partial charge in [-0.1, -0.05) is 24.3 Å². The molecule has 3 amide bonds. The molecule has 38 heavy (non-hydrogen) atoms. The van der Waals surface area contributed by atoms with Gasteiger partial charge in [-0.2, -0.15) is 4.37 Å². The smallest absolute Gasteiger partial charge is 0.273 e. The highest BCUT2D eigenvalue weighted by Crippen LogP contribution is 2.33. The van der Waals surface area contributed by atoms with Crippen LogP contribution in [0.3, 0.4) is 0 Å². The zero-order valence-corrected chi connectivity index (χ0v) is 20.4. The Morgan fingerprint density at radius 2 is 1.53 bits per heavy atom. The maximum atomic E-state index is 13.9. The van der Waals surface area contributed by atoms with Crippen molar-refractivity contribution in [3.8, 4) is 5.75 Å². The van der Waals surface area contributed by atoms with Crippen LogP contribution in [0, 0.1) is 11.6 Å². The van der Waals surface area contributed by atoms with Crippen LogP contribution in [0.1, 0.15) is 37.3 Å². The summed E-state index contributed by atoms with van der Waals surface area (Å²) in [4.78, 5) is 40.1. The van der Waals surface area contributed by atoms with Crippen molar-refractivity contribution in [1.29, 1.82) is 0 Å². The Hall–Kier alpha value is -4.84. The van der Waals surface area contributed by atoms with Gasteiger partial charge in [-0.25, -0.2) is 8.78 Å². The molecule has 1 aromatic heterocycles. The Morgan fingerprint density at radius 3 is 2.08 bits per heavy atom. The van der Waals surface area contributed by atoms with Crippen LogP contribution in [-0.2, 0) is 11.3 Å². The quantitative estimate of drug-likeness (QED) is 0.270. The topological polar surface area (TPSA) is 152 Å². The predicted molar refractivity (Wildman–Crippen MR) is 137 cm³/mol. The SMILES string of the molecule is NC(=O)c1nsc(C(=O)N(c2ccc(F)cc2)[C@@H](C(=O)NCc2ccc(F)cc2)c2ccc(O)cc2)c1N. The first kappa shape index (κ1) is 26.2. The first-order valence-electron chi connectivity index (χ1n) is 11.1. The van der Waals surface area contributed by atoms with Crippen LogP contribution in [0.15, 0.2) is 72.8 Å². The van der Waals surface area contributed by atoms with Crippen LogP contribution in [0.5, 0.6) is 5.75 Å². The van der Waals surface area contributed by atoms with E-state index in [0.29, 0.717) is 22.7 Å². The summed E-state index contributed by atoms with van der Waals surface area (Å²) in [6.07, 6.45) is 0. The Kier molecular flexibility index (Phi) is 7.63. The molecule has 9 nitrogen and oxygen atoms in total. The standard InChI is InChI=1S/C26H21F2N5O4S/c27-16-5-1-14(2-6-16)13-31-25(36)22(15-3-11-19(34)12-4-15)33(18-9-7-17(28)8-10-18)26(37)23-20(29)21(24(30)35)32-38-23/h1-12,22,34H,13,29H2,(H2,30,35)(H,31,36)/t22-/m1/s1. The summed E-state index contributed by atoms with van der Waals surface area (Å²) in [6, 6.07) is 14.6. The average molecular weight is 538 g/mol. The summed E-state index contributed by atoms with van der Waals surface area (Å²) >= 11 is 0.629. The Labute approximate surface area is 219 Å². The minimum atomic E-state index is -1.34. The largest absolute Gasteiger partial charge is 0.508 e. The second-order valence-electron chi connectivity index (χ2n) is 8.13. The molecule has 0 fully saturated rings. The number of nitrogens with zero attached hydrogens (tertiary/aromatic N) is 2. The Bertz CT molecular complexity index is 1480. The number of carbonyl (C=O) groups excluding carboxylic acids is 3. The van der Waals surface area contributed by atoms with Gasteiger partial charge >= 0.3 is 0 Å². The predicted octanol–water partition coefficient (Wildman–Crippen LogP) is 3.51. The number of phenols is 1. The van der Waals surface area contributed by atoms with Crippen LogP contribution < -0.4 is 21.7 Å². The number of hydrogen-bond acceptors (Lipinski definition) is 7. The van der Waals surface area contributed by atoms with E-state index in [1.165, 1.54) is 60.7 Å². The molecular weight excluding hydrogens is 516 g/mol. The van der Waals surface area contributed by atoms with Crippen LogP contribution in [0.4, 0.5) is 20.2 Å². The lowest BCUT2D eigenvalue weighted by Crippen LogP contribution is -2.44. The molecule has 194 valence electrons. The minimum Gasteiger partial charge on any atom is -0.508 e. The molecule has 0 unspecified atom stereocenters. The third-order valence-electron chi connectivity index (χ3n) is 5.57. The van der Waals surface area contributed by atoms with Crippen LogP contribution in [-0.4, -0.2) is 27.2 Å². The number of hydrogen-bond donors (Lipinski definition) is 4. The molecule has 3 aromatic carbocycles. The summed E-state index contributed by atoms with van der Waals surface area (Å²) in [5, 5.41) is 12.5. The van der Waals surface area contributed by atoms with Gasteiger partial charge in [-0.15, -0.1) is 0 Å².